The van der Waals surface area contributed by atoms with Crippen LogP contribution < -0.4 is 10.5 Å². The normalized spacial score (nSPS) is 18.1. The molecule has 1 fully saturated rings. The minimum atomic E-state index is -1.11. The lowest BCUT2D eigenvalue weighted by Crippen LogP contribution is -2.57. The molecule has 88 valence electrons. The number of pyridine rings is 2. The highest BCUT2D eigenvalue weighted by atomic mass is 19.1. The molecule has 3 rings (SSSR count). The molecule has 0 unspecified atom stereocenters. The monoisotopic (exact) mass is 233 g/mol. The van der Waals surface area contributed by atoms with Crippen LogP contribution in [0, 0.1) is 0 Å². The maximum atomic E-state index is 13.4. The van der Waals surface area contributed by atoms with Gasteiger partial charge in [-0.1, -0.05) is 0 Å². The van der Waals surface area contributed by atoms with E-state index in [4.69, 9.17) is 0 Å². The summed E-state index contributed by atoms with van der Waals surface area (Å²) >= 11 is 0. The van der Waals surface area contributed by atoms with Crippen LogP contribution in [0.1, 0.15) is 6.92 Å². The number of hydrogen-bond donors (Lipinski definition) is 1. The van der Waals surface area contributed by atoms with Crippen molar-refractivity contribution in [2.45, 2.75) is 12.6 Å². The van der Waals surface area contributed by atoms with Crippen LogP contribution in [0.2, 0.25) is 0 Å². The molecule has 0 atom stereocenters. The first kappa shape index (κ1) is 10.3. The van der Waals surface area contributed by atoms with Crippen LogP contribution in [0.4, 0.5) is 10.1 Å². The van der Waals surface area contributed by atoms with Crippen molar-refractivity contribution in [3.63, 3.8) is 0 Å². The zero-order valence-electron chi connectivity index (χ0n) is 9.40. The van der Waals surface area contributed by atoms with E-state index in [0.29, 0.717) is 18.6 Å². The summed E-state index contributed by atoms with van der Waals surface area (Å²) in [6.07, 6.45) is 3.21. The molecule has 2 aromatic rings. The summed E-state index contributed by atoms with van der Waals surface area (Å²) in [7, 11) is 0. The summed E-state index contributed by atoms with van der Waals surface area (Å²) < 4.78 is 13.4. The number of alkyl halides is 1. The molecule has 0 aliphatic carbocycles. The average Bonchev–Trinajstić information content (AvgIpc) is 2.25. The number of anilines is 1. The van der Waals surface area contributed by atoms with E-state index in [1.54, 1.807) is 25.4 Å². The fraction of sp³-hybridized carbons (Fsp3) is 0.333. The van der Waals surface area contributed by atoms with E-state index in [0.717, 1.165) is 11.1 Å². The number of fused-ring (bicyclic) bond motifs is 1. The SMILES string of the molecule is CC1(F)CN(c2cnc3c(=O)[nH]ccc3c2)C1. The number of hydrogen-bond acceptors (Lipinski definition) is 3. The van der Waals surface area contributed by atoms with Crippen LogP contribution in [-0.2, 0) is 0 Å². The van der Waals surface area contributed by atoms with Crippen LogP contribution in [0.25, 0.3) is 10.9 Å². The summed E-state index contributed by atoms with van der Waals surface area (Å²) in [4.78, 5) is 20.1. The number of halogens is 1. The number of nitrogens with zero attached hydrogens (tertiary/aromatic N) is 2. The maximum absolute atomic E-state index is 13.4. The Labute approximate surface area is 97.1 Å². The van der Waals surface area contributed by atoms with Crippen LogP contribution in [0.5, 0.6) is 0 Å². The van der Waals surface area contributed by atoms with E-state index in [2.05, 4.69) is 9.97 Å². The Kier molecular flexibility index (Phi) is 1.98. The average molecular weight is 233 g/mol. The second-order valence-electron chi connectivity index (χ2n) is 4.71. The van der Waals surface area contributed by atoms with Crippen molar-refractivity contribution in [1.82, 2.24) is 9.97 Å². The van der Waals surface area contributed by atoms with Crippen molar-refractivity contribution in [3.05, 3.63) is 34.9 Å². The third-order valence-corrected chi connectivity index (χ3v) is 3.00. The molecule has 0 amide bonds. The standard InChI is InChI=1S/C12H12FN3O/c1-12(13)6-16(7-12)9-4-8-2-3-14-11(17)10(8)15-5-9/h2-5H,6-7H2,1H3,(H,14,17). The molecule has 1 aliphatic heterocycles. The first-order valence-corrected chi connectivity index (χ1v) is 5.46. The van der Waals surface area contributed by atoms with Crippen molar-refractivity contribution in [3.8, 4) is 0 Å². The number of aromatic amines is 1. The zero-order chi connectivity index (χ0) is 12.0. The molecule has 2 aromatic heterocycles. The Hall–Kier alpha value is -1.91. The molecule has 1 N–H and O–H groups in total. The summed E-state index contributed by atoms with van der Waals surface area (Å²) in [5.74, 6) is 0. The summed E-state index contributed by atoms with van der Waals surface area (Å²) in [6.45, 7) is 2.34. The van der Waals surface area contributed by atoms with Gasteiger partial charge in [-0.2, -0.15) is 0 Å². The molecule has 17 heavy (non-hydrogen) atoms. The van der Waals surface area contributed by atoms with E-state index in [9.17, 15) is 9.18 Å². The molecule has 0 aromatic carbocycles. The Morgan fingerprint density at radius 3 is 3.00 bits per heavy atom. The zero-order valence-corrected chi connectivity index (χ0v) is 9.40. The first-order valence-electron chi connectivity index (χ1n) is 5.46. The number of H-pyrrole nitrogens is 1. The van der Waals surface area contributed by atoms with Gasteiger partial charge in [0.05, 0.1) is 25.0 Å². The van der Waals surface area contributed by atoms with Gasteiger partial charge in [0.2, 0.25) is 0 Å². The Bertz CT molecular complexity index is 627. The Morgan fingerprint density at radius 2 is 2.29 bits per heavy atom. The lowest BCUT2D eigenvalue weighted by atomic mass is 9.98. The molecule has 0 saturated carbocycles. The van der Waals surface area contributed by atoms with Gasteiger partial charge in [-0.25, -0.2) is 9.37 Å². The molecule has 4 nitrogen and oxygen atoms in total. The van der Waals surface area contributed by atoms with Gasteiger partial charge in [0.1, 0.15) is 11.2 Å². The van der Waals surface area contributed by atoms with E-state index in [1.807, 2.05) is 11.0 Å². The largest absolute Gasteiger partial charge is 0.364 e. The van der Waals surface area contributed by atoms with E-state index >= 15 is 0 Å². The van der Waals surface area contributed by atoms with Crippen molar-refractivity contribution in [2.24, 2.45) is 0 Å². The highest BCUT2D eigenvalue weighted by Gasteiger charge is 2.39. The molecule has 0 bridgehead atoms. The van der Waals surface area contributed by atoms with Gasteiger partial charge in [-0.15, -0.1) is 0 Å². The molecule has 3 heterocycles. The van der Waals surface area contributed by atoms with Crippen LogP contribution in [-0.4, -0.2) is 28.7 Å². The summed E-state index contributed by atoms with van der Waals surface area (Å²) in [5.41, 5.74) is -0.0330. The second kappa shape index (κ2) is 3.29. The van der Waals surface area contributed by atoms with Gasteiger partial charge in [-0.3, -0.25) is 4.79 Å². The predicted molar refractivity (Wildman–Crippen MR) is 64.1 cm³/mol. The minimum absolute atomic E-state index is 0.201. The highest BCUT2D eigenvalue weighted by molar-refractivity contribution is 5.80. The van der Waals surface area contributed by atoms with Crippen LogP contribution in [0.3, 0.4) is 0 Å². The van der Waals surface area contributed by atoms with E-state index in [-0.39, 0.29) is 5.56 Å². The third-order valence-electron chi connectivity index (χ3n) is 3.00. The number of aromatic nitrogens is 2. The van der Waals surface area contributed by atoms with Gasteiger partial charge in [0.15, 0.2) is 0 Å². The minimum Gasteiger partial charge on any atom is -0.364 e. The van der Waals surface area contributed by atoms with Gasteiger partial charge in [0.25, 0.3) is 5.56 Å². The Morgan fingerprint density at radius 1 is 1.53 bits per heavy atom. The summed E-state index contributed by atoms with van der Waals surface area (Å²) in [6, 6.07) is 3.66. The number of rotatable bonds is 1. The lowest BCUT2D eigenvalue weighted by molar-refractivity contribution is 0.144. The molecule has 5 heteroatoms. The molecular weight excluding hydrogens is 221 g/mol. The molecule has 1 saturated heterocycles. The quantitative estimate of drug-likeness (QED) is 0.811. The van der Waals surface area contributed by atoms with Gasteiger partial charge < -0.3 is 9.88 Å². The highest BCUT2D eigenvalue weighted by Crippen LogP contribution is 2.30. The molecule has 0 radical (unpaired) electrons. The second-order valence-corrected chi connectivity index (χ2v) is 4.71. The smallest absolute Gasteiger partial charge is 0.274 e. The molecule has 0 spiro atoms. The summed E-state index contributed by atoms with van der Waals surface area (Å²) in [5, 5.41) is 0.777. The van der Waals surface area contributed by atoms with E-state index in [1.165, 1.54) is 0 Å². The fourth-order valence-corrected chi connectivity index (χ4v) is 2.17. The maximum Gasteiger partial charge on any atom is 0.274 e. The Balaban J connectivity index is 2.01. The lowest BCUT2D eigenvalue weighted by Gasteiger charge is -2.43. The predicted octanol–water partition coefficient (Wildman–Crippen LogP) is 1.47. The van der Waals surface area contributed by atoms with Crippen molar-refractivity contribution in [1.29, 1.82) is 0 Å². The fourth-order valence-electron chi connectivity index (χ4n) is 2.17. The number of nitrogens with one attached hydrogen (secondary N) is 1. The van der Waals surface area contributed by atoms with Gasteiger partial charge in [-0.05, 0) is 19.1 Å². The molecule has 1 aliphatic rings. The van der Waals surface area contributed by atoms with Crippen LogP contribution in [0.15, 0.2) is 29.3 Å². The van der Waals surface area contributed by atoms with Crippen molar-refractivity contribution < 1.29 is 4.39 Å². The van der Waals surface area contributed by atoms with Crippen LogP contribution >= 0.6 is 0 Å². The van der Waals surface area contributed by atoms with E-state index < -0.39 is 5.67 Å². The van der Waals surface area contributed by atoms with Crippen molar-refractivity contribution in [2.75, 3.05) is 18.0 Å². The van der Waals surface area contributed by atoms with Gasteiger partial charge in [0, 0.05) is 11.6 Å². The van der Waals surface area contributed by atoms with Gasteiger partial charge >= 0.3 is 0 Å². The topological polar surface area (TPSA) is 49.0 Å². The first-order chi connectivity index (χ1) is 8.05. The molecular formula is C12H12FN3O. The third kappa shape index (κ3) is 1.67. The van der Waals surface area contributed by atoms with Crippen molar-refractivity contribution >= 4 is 16.6 Å².